The number of carbonyl (C=O) groups is 2. The molecule has 4 nitrogen and oxygen atoms in total. The van der Waals surface area contributed by atoms with Gasteiger partial charge in [0.25, 0.3) is 0 Å². The Morgan fingerprint density at radius 1 is 1.19 bits per heavy atom. The van der Waals surface area contributed by atoms with Gasteiger partial charge in [-0.3, -0.25) is 9.59 Å². The van der Waals surface area contributed by atoms with Crippen molar-refractivity contribution in [2.24, 2.45) is 5.92 Å². The van der Waals surface area contributed by atoms with Crippen molar-refractivity contribution in [1.29, 1.82) is 0 Å². The highest BCUT2D eigenvalue weighted by molar-refractivity contribution is 7.09. The summed E-state index contributed by atoms with van der Waals surface area (Å²) in [6.07, 6.45) is 2.18. The van der Waals surface area contributed by atoms with Crippen molar-refractivity contribution in [3.8, 4) is 0 Å². The normalized spacial score (nSPS) is 17.1. The number of carbonyl (C=O) groups excluding carboxylic acids is 2. The molecule has 0 saturated carbocycles. The third-order valence-corrected chi connectivity index (χ3v) is 5.80. The summed E-state index contributed by atoms with van der Waals surface area (Å²) in [5, 5.41) is 2.04. The average molecular weight is 371 g/mol. The average Bonchev–Trinajstić information content (AvgIpc) is 3.19. The van der Waals surface area contributed by atoms with E-state index in [-0.39, 0.29) is 17.7 Å². The lowest BCUT2D eigenvalue weighted by Crippen LogP contribution is -2.47. The molecule has 1 saturated heterocycles. The molecule has 2 heterocycles. The molecule has 1 atom stereocenters. The predicted octanol–water partition coefficient (Wildman–Crippen LogP) is 3.58. The van der Waals surface area contributed by atoms with Crippen LogP contribution in [0, 0.1) is 5.92 Å². The lowest BCUT2D eigenvalue weighted by atomic mass is 9.95. The zero-order valence-electron chi connectivity index (χ0n) is 15.3. The van der Waals surface area contributed by atoms with Gasteiger partial charge in [0.05, 0.1) is 18.9 Å². The quantitative estimate of drug-likeness (QED) is 0.780. The molecular weight excluding hydrogens is 344 g/mol. The molecule has 1 aliphatic heterocycles. The van der Waals surface area contributed by atoms with Gasteiger partial charge < -0.3 is 9.80 Å². The Balaban J connectivity index is 1.59. The number of likely N-dealkylation sites (tertiary alicyclic amines) is 1. The zero-order chi connectivity index (χ0) is 18.4. The van der Waals surface area contributed by atoms with Crippen molar-refractivity contribution in [2.45, 2.75) is 32.7 Å². The zero-order valence-corrected chi connectivity index (χ0v) is 16.1. The van der Waals surface area contributed by atoms with Crippen LogP contribution >= 0.6 is 11.3 Å². The molecule has 5 heteroatoms. The van der Waals surface area contributed by atoms with Gasteiger partial charge in [0.2, 0.25) is 11.8 Å². The van der Waals surface area contributed by atoms with E-state index in [4.69, 9.17) is 0 Å². The lowest BCUT2D eigenvalue weighted by Gasteiger charge is -2.34. The van der Waals surface area contributed by atoms with Gasteiger partial charge in [-0.1, -0.05) is 36.4 Å². The van der Waals surface area contributed by atoms with E-state index in [1.165, 1.54) is 4.88 Å². The van der Waals surface area contributed by atoms with E-state index in [9.17, 15) is 9.59 Å². The molecule has 1 aromatic carbocycles. The van der Waals surface area contributed by atoms with Crippen LogP contribution in [0.4, 0.5) is 0 Å². The Hall–Kier alpha value is -2.14. The molecule has 0 radical (unpaired) electrons. The predicted molar refractivity (Wildman–Crippen MR) is 105 cm³/mol. The molecule has 26 heavy (non-hydrogen) atoms. The smallest absolute Gasteiger partial charge is 0.227 e. The molecule has 2 aromatic rings. The van der Waals surface area contributed by atoms with Gasteiger partial charge in [-0.25, -0.2) is 0 Å². The summed E-state index contributed by atoms with van der Waals surface area (Å²) in [5.74, 6) is 0.219. The van der Waals surface area contributed by atoms with Crippen molar-refractivity contribution in [3.63, 3.8) is 0 Å². The summed E-state index contributed by atoms with van der Waals surface area (Å²) in [5.41, 5.74) is 1.03. The lowest BCUT2D eigenvalue weighted by molar-refractivity contribution is -0.141. The second-order valence-corrected chi connectivity index (χ2v) is 7.81. The number of nitrogens with zero attached hydrogens (tertiary/aromatic N) is 2. The van der Waals surface area contributed by atoms with Crippen LogP contribution in [-0.2, 0) is 22.6 Å². The first-order chi connectivity index (χ1) is 12.7. The fraction of sp³-hybridized carbons (Fsp3) is 0.429. The number of rotatable bonds is 6. The minimum absolute atomic E-state index is 0.0802. The van der Waals surface area contributed by atoms with E-state index in [2.05, 4.69) is 6.07 Å². The van der Waals surface area contributed by atoms with Gasteiger partial charge in [0, 0.05) is 24.5 Å². The van der Waals surface area contributed by atoms with Crippen LogP contribution in [0.3, 0.4) is 0 Å². The Morgan fingerprint density at radius 3 is 2.69 bits per heavy atom. The van der Waals surface area contributed by atoms with Crippen LogP contribution in [0.5, 0.6) is 0 Å². The number of amides is 2. The van der Waals surface area contributed by atoms with Gasteiger partial charge in [-0.15, -0.1) is 11.3 Å². The summed E-state index contributed by atoms with van der Waals surface area (Å²) in [6.45, 7) is 4.69. The second kappa shape index (κ2) is 8.99. The molecule has 1 fully saturated rings. The van der Waals surface area contributed by atoms with Crippen LogP contribution < -0.4 is 0 Å². The van der Waals surface area contributed by atoms with Crippen LogP contribution in [0.25, 0.3) is 0 Å². The van der Waals surface area contributed by atoms with Gasteiger partial charge in [0.1, 0.15) is 0 Å². The van der Waals surface area contributed by atoms with Crippen molar-refractivity contribution >= 4 is 23.2 Å². The van der Waals surface area contributed by atoms with Crippen molar-refractivity contribution < 1.29 is 9.59 Å². The van der Waals surface area contributed by atoms with Crippen LogP contribution in [-0.4, -0.2) is 41.2 Å². The third-order valence-electron chi connectivity index (χ3n) is 4.94. The molecule has 0 bridgehead atoms. The van der Waals surface area contributed by atoms with Crippen LogP contribution in [0.15, 0.2) is 47.8 Å². The standard InChI is InChI=1S/C21H26N2O2S/c1-2-22(16-19-11-7-13-26-19)21(25)18-10-6-12-23(15-18)20(24)14-17-8-4-3-5-9-17/h3-5,7-9,11,13,18H,2,6,10,12,14-16H2,1H3. The first-order valence-electron chi connectivity index (χ1n) is 9.30. The van der Waals surface area contributed by atoms with Gasteiger partial charge >= 0.3 is 0 Å². The van der Waals surface area contributed by atoms with Gasteiger partial charge in [0.15, 0.2) is 0 Å². The van der Waals surface area contributed by atoms with Crippen molar-refractivity contribution in [3.05, 3.63) is 58.3 Å². The molecule has 0 spiro atoms. The Labute approximate surface area is 159 Å². The highest BCUT2D eigenvalue weighted by Gasteiger charge is 2.30. The minimum Gasteiger partial charge on any atom is -0.342 e. The maximum atomic E-state index is 13.0. The molecule has 0 aliphatic carbocycles. The summed E-state index contributed by atoms with van der Waals surface area (Å²) in [4.78, 5) is 30.6. The topological polar surface area (TPSA) is 40.6 Å². The Bertz CT molecular complexity index is 715. The number of piperidine rings is 1. The molecule has 2 amide bonds. The fourth-order valence-electron chi connectivity index (χ4n) is 3.48. The molecule has 1 aliphatic rings. The first kappa shape index (κ1) is 18.6. The fourth-order valence-corrected chi connectivity index (χ4v) is 4.20. The van der Waals surface area contributed by atoms with Crippen LogP contribution in [0.1, 0.15) is 30.2 Å². The summed E-state index contributed by atoms with van der Waals surface area (Å²) in [6, 6.07) is 13.9. The summed E-state index contributed by atoms with van der Waals surface area (Å²) in [7, 11) is 0. The number of benzene rings is 1. The Morgan fingerprint density at radius 2 is 2.00 bits per heavy atom. The summed E-state index contributed by atoms with van der Waals surface area (Å²) >= 11 is 1.68. The SMILES string of the molecule is CCN(Cc1cccs1)C(=O)C1CCCN(C(=O)Cc2ccccc2)C1. The van der Waals surface area contributed by atoms with Crippen molar-refractivity contribution in [1.82, 2.24) is 9.80 Å². The maximum Gasteiger partial charge on any atom is 0.227 e. The monoisotopic (exact) mass is 370 g/mol. The van der Waals surface area contributed by atoms with Crippen LogP contribution in [0.2, 0.25) is 0 Å². The molecule has 3 rings (SSSR count). The summed E-state index contributed by atoms with van der Waals surface area (Å²) < 4.78 is 0. The molecule has 138 valence electrons. The van der Waals surface area contributed by atoms with E-state index in [1.807, 2.05) is 58.5 Å². The van der Waals surface area contributed by atoms with Gasteiger partial charge in [-0.2, -0.15) is 0 Å². The number of hydrogen-bond donors (Lipinski definition) is 0. The van der Waals surface area contributed by atoms with Gasteiger partial charge in [-0.05, 0) is 36.8 Å². The molecule has 1 unspecified atom stereocenters. The van der Waals surface area contributed by atoms with E-state index < -0.39 is 0 Å². The highest BCUT2D eigenvalue weighted by atomic mass is 32.1. The van der Waals surface area contributed by atoms with Crippen molar-refractivity contribution in [2.75, 3.05) is 19.6 Å². The number of thiophene rings is 1. The number of hydrogen-bond acceptors (Lipinski definition) is 3. The molecule has 1 aromatic heterocycles. The highest BCUT2D eigenvalue weighted by Crippen LogP contribution is 2.22. The third kappa shape index (κ3) is 4.73. The minimum atomic E-state index is -0.0802. The molecule has 0 N–H and O–H groups in total. The largest absolute Gasteiger partial charge is 0.342 e. The second-order valence-electron chi connectivity index (χ2n) is 6.77. The van der Waals surface area contributed by atoms with E-state index >= 15 is 0 Å². The van der Waals surface area contributed by atoms with E-state index in [1.54, 1.807) is 11.3 Å². The molecular formula is C21H26N2O2S. The first-order valence-corrected chi connectivity index (χ1v) is 10.2. The van der Waals surface area contributed by atoms with E-state index in [0.717, 1.165) is 24.9 Å². The Kier molecular flexibility index (Phi) is 6.45. The van der Waals surface area contributed by atoms with E-state index in [0.29, 0.717) is 26.1 Å². The maximum absolute atomic E-state index is 13.0.